The van der Waals surface area contributed by atoms with Crippen molar-refractivity contribution in [1.82, 2.24) is 10.6 Å². The molecule has 0 saturated heterocycles. The normalized spacial score (nSPS) is 9.73. The monoisotopic (exact) mass is 218 g/mol. The van der Waals surface area contributed by atoms with Crippen molar-refractivity contribution in [2.45, 2.75) is 6.92 Å². The summed E-state index contributed by atoms with van der Waals surface area (Å²) < 4.78 is 9.65. The molecule has 15 heavy (non-hydrogen) atoms. The molecule has 88 valence electrons. The third-order valence-corrected chi connectivity index (χ3v) is 1.51. The molecule has 0 spiro atoms. The van der Waals surface area contributed by atoms with Gasteiger partial charge in [-0.25, -0.2) is 4.79 Å². The minimum atomic E-state index is -0.371. The maximum Gasteiger partial charge on any atom is 0.332 e. The number of carbonyl (C=O) groups excluding carboxylic acids is 2. The Kier molecular flexibility index (Phi) is 8.70. The maximum absolute atomic E-state index is 10.8. The summed E-state index contributed by atoms with van der Waals surface area (Å²) in [5, 5.41) is 5.33. The van der Waals surface area contributed by atoms with Crippen LogP contribution in [0.3, 0.4) is 0 Å². The number of hydrogen-bond acceptors (Lipinski definition) is 5. The largest absolute Gasteiger partial charge is 0.464 e. The van der Waals surface area contributed by atoms with Gasteiger partial charge >= 0.3 is 5.97 Å². The molecule has 0 aliphatic rings. The van der Waals surface area contributed by atoms with Gasteiger partial charge in [-0.3, -0.25) is 4.79 Å². The Balaban J connectivity index is 3.18. The van der Waals surface area contributed by atoms with Crippen LogP contribution in [0.1, 0.15) is 6.92 Å². The minimum absolute atomic E-state index is 0.0461. The van der Waals surface area contributed by atoms with Gasteiger partial charge in [-0.15, -0.1) is 0 Å². The lowest BCUT2D eigenvalue weighted by Gasteiger charge is -2.05. The third kappa shape index (κ3) is 9.17. The molecule has 0 saturated carbocycles. The number of amides is 1. The first-order valence-corrected chi connectivity index (χ1v) is 4.85. The van der Waals surface area contributed by atoms with E-state index in [1.54, 1.807) is 14.0 Å². The van der Waals surface area contributed by atoms with Gasteiger partial charge in [0.15, 0.2) is 0 Å². The highest BCUT2D eigenvalue weighted by molar-refractivity contribution is 5.77. The summed E-state index contributed by atoms with van der Waals surface area (Å²) in [4.78, 5) is 21.5. The van der Waals surface area contributed by atoms with Crippen LogP contribution in [0.25, 0.3) is 0 Å². The van der Waals surface area contributed by atoms with E-state index in [1.807, 2.05) is 0 Å². The molecule has 2 N–H and O–H groups in total. The lowest BCUT2D eigenvalue weighted by atomic mass is 10.5. The van der Waals surface area contributed by atoms with Gasteiger partial charge in [-0.05, 0) is 6.92 Å². The van der Waals surface area contributed by atoms with Crippen molar-refractivity contribution in [3.8, 4) is 0 Å². The molecule has 0 aliphatic carbocycles. The predicted molar refractivity (Wildman–Crippen MR) is 54.4 cm³/mol. The van der Waals surface area contributed by atoms with Crippen molar-refractivity contribution in [3.63, 3.8) is 0 Å². The van der Waals surface area contributed by atoms with E-state index in [4.69, 9.17) is 4.74 Å². The molecule has 0 aromatic carbocycles. The number of esters is 1. The zero-order valence-corrected chi connectivity index (χ0v) is 9.17. The summed E-state index contributed by atoms with van der Waals surface area (Å²) in [7, 11) is 1.57. The van der Waals surface area contributed by atoms with Crippen LogP contribution >= 0.6 is 0 Å². The van der Waals surface area contributed by atoms with Crippen LogP contribution in [-0.2, 0) is 19.1 Å². The summed E-state index contributed by atoms with van der Waals surface area (Å²) in [5.74, 6) is -0.454. The fourth-order valence-electron chi connectivity index (χ4n) is 0.793. The number of nitrogens with one attached hydrogen (secondary N) is 2. The predicted octanol–water partition coefficient (Wildman–Crippen LogP) is -1.10. The topological polar surface area (TPSA) is 76.7 Å². The smallest absolute Gasteiger partial charge is 0.332 e. The summed E-state index contributed by atoms with van der Waals surface area (Å²) in [6.45, 7) is 3.19. The van der Waals surface area contributed by atoms with E-state index < -0.39 is 0 Å². The molecule has 0 aliphatic heterocycles. The van der Waals surface area contributed by atoms with Crippen molar-refractivity contribution in [2.75, 3.05) is 40.0 Å². The van der Waals surface area contributed by atoms with Gasteiger partial charge in [0.2, 0.25) is 5.91 Å². The number of carbonyl (C=O) groups is 2. The van der Waals surface area contributed by atoms with Crippen LogP contribution < -0.4 is 10.6 Å². The molecule has 0 aromatic rings. The number of likely N-dealkylation sites (N-methyl/N-ethyl adjacent to an activating group) is 1. The summed E-state index contributed by atoms with van der Waals surface area (Å²) >= 11 is 0. The van der Waals surface area contributed by atoms with E-state index in [0.717, 1.165) is 0 Å². The highest BCUT2D eigenvalue weighted by atomic mass is 16.6. The fraction of sp³-hybridized carbons (Fsp3) is 0.778. The standard InChI is InChI=1S/C9H18N2O4/c1-3-15-9(13)7-14-5-4-11-6-8(12)10-2/h11H,3-7H2,1-2H3,(H,10,12). The van der Waals surface area contributed by atoms with E-state index in [1.165, 1.54) is 0 Å². The van der Waals surface area contributed by atoms with E-state index in [-0.39, 0.29) is 25.0 Å². The lowest BCUT2D eigenvalue weighted by Crippen LogP contribution is -2.33. The first kappa shape index (κ1) is 13.9. The Morgan fingerprint density at radius 3 is 2.67 bits per heavy atom. The van der Waals surface area contributed by atoms with Gasteiger partial charge in [0.25, 0.3) is 0 Å². The van der Waals surface area contributed by atoms with Gasteiger partial charge in [-0.2, -0.15) is 0 Å². The van der Waals surface area contributed by atoms with Crippen molar-refractivity contribution < 1.29 is 19.1 Å². The molecule has 0 unspecified atom stereocenters. The zero-order valence-electron chi connectivity index (χ0n) is 9.17. The second kappa shape index (κ2) is 9.42. The molecule has 1 amide bonds. The first-order chi connectivity index (χ1) is 7.20. The Labute approximate surface area is 89.3 Å². The van der Waals surface area contributed by atoms with Gasteiger partial charge in [0.05, 0.1) is 19.8 Å². The average molecular weight is 218 g/mol. The van der Waals surface area contributed by atoms with Crippen molar-refractivity contribution >= 4 is 11.9 Å². The number of hydrogen-bond donors (Lipinski definition) is 2. The third-order valence-electron chi connectivity index (χ3n) is 1.51. The van der Waals surface area contributed by atoms with Crippen LogP contribution in [0.15, 0.2) is 0 Å². The van der Waals surface area contributed by atoms with E-state index in [2.05, 4.69) is 15.4 Å². The molecule has 0 atom stereocenters. The molecule has 0 aromatic heterocycles. The molecular formula is C9H18N2O4. The van der Waals surface area contributed by atoms with E-state index >= 15 is 0 Å². The van der Waals surface area contributed by atoms with Gasteiger partial charge in [-0.1, -0.05) is 0 Å². The maximum atomic E-state index is 10.8. The summed E-state index contributed by atoms with van der Waals surface area (Å²) in [5.41, 5.74) is 0. The second-order valence-corrected chi connectivity index (χ2v) is 2.71. The Morgan fingerprint density at radius 2 is 2.07 bits per heavy atom. The summed E-state index contributed by atoms with van der Waals surface area (Å²) in [6.07, 6.45) is 0. The van der Waals surface area contributed by atoms with Crippen LogP contribution in [0.5, 0.6) is 0 Å². The summed E-state index contributed by atoms with van der Waals surface area (Å²) in [6, 6.07) is 0. The SMILES string of the molecule is CCOC(=O)COCCNCC(=O)NC. The average Bonchev–Trinajstić information content (AvgIpc) is 2.23. The highest BCUT2D eigenvalue weighted by Gasteiger charge is 2.00. The van der Waals surface area contributed by atoms with E-state index in [9.17, 15) is 9.59 Å². The lowest BCUT2D eigenvalue weighted by molar-refractivity contribution is -0.148. The van der Waals surface area contributed by atoms with Crippen molar-refractivity contribution in [3.05, 3.63) is 0 Å². The van der Waals surface area contributed by atoms with Gasteiger partial charge < -0.3 is 20.1 Å². The number of rotatable bonds is 8. The molecule has 0 fully saturated rings. The van der Waals surface area contributed by atoms with E-state index in [0.29, 0.717) is 19.8 Å². The Bertz CT molecular complexity index is 197. The van der Waals surface area contributed by atoms with Gasteiger partial charge in [0.1, 0.15) is 6.61 Å². The second-order valence-electron chi connectivity index (χ2n) is 2.71. The molecule has 0 heterocycles. The molecule has 0 bridgehead atoms. The molecule has 0 radical (unpaired) electrons. The zero-order chi connectivity index (χ0) is 11.5. The molecule has 0 rings (SSSR count). The molecular weight excluding hydrogens is 200 g/mol. The van der Waals surface area contributed by atoms with Crippen molar-refractivity contribution in [1.29, 1.82) is 0 Å². The quantitative estimate of drug-likeness (QED) is 0.399. The Hall–Kier alpha value is -1.14. The number of ether oxygens (including phenoxy) is 2. The Morgan fingerprint density at radius 1 is 1.33 bits per heavy atom. The fourth-order valence-corrected chi connectivity index (χ4v) is 0.793. The van der Waals surface area contributed by atoms with Crippen molar-refractivity contribution in [2.24, 2.45) is 0 Å². The van der Waals surface area contributed by atoms with Gasteiger partial charge in [0, 0.05) is 13.6 Å². The van der Waals surface area contributed by atoms with Crippen LogP contribution in [0.4, 0.5) is 0 Å². The highest BCUT2D eigenvalue weighted by Crippen LogP contribution is 1.80. The molecule has 6 heteroatoms. The van der Waals surface area contributed by atoms with Crippen LogP contribution in [0, 0.1) is 0 Å². The first-order valence-electron chi connectivity index (χ1n) is 4.85. The molecule has 6 nitrogen and oxygen atoms in total. The minimum Gasteiger partial charge on any atom is -0.464 e. The van der Waals surface area contributed by atoms with Crippen LogP contribution in [-0.4, -0.2) is 51.8 Å². The van der Waals surface area contributed by atoms with Crippen LogP contribution in [0.2, 0.25) is 0 Å².